The van der Waals surface area contributed by atoms with E-state index in [0.29, 0.717) is 21.9 Å². The van der Waals surface area contributed by atoms with Gasteiger partial charge in [0, 0.05) is 59.0 Å². The second-order valence-corrected chi connectivity index (χ2v) is 6.15. The fraction of sp³-hybridized carbons (Fsp3) is 0.211. The van der Waals surface area contributed by atoms with E-state index in [1.54, 1.807) is 49.3 Å². The Morgan fingerprint density at radius 3 is 1.77 bits per heavy atom. The van der Waals surface area contributed by atoms with Crippen LogP contribution in [0.5, 0.6) is 0 Å². The molecule has 0 amide bonds. The number of nitrogens with one attached hydrogen (secondary N) is 2. The first kappa shape index (κ1) is 16.4. The van der Waals surface area contributed by atoms with Crippen LogP contribution in [0.2, 0.25) is 0 Å². The first-order chi connectivity index (χ1) is 12.7. The quantitative estimate of drug-likeness (QED) is 0.553. The van der Waals surface area contributed by atoms with Gasteiger partial charge in [-0.05, 0) is 23.3 Å². The van der Waals surface area contributed by atoms with Crippen LogP contribution in [0.4, 0.5) is 8.78 Å². The molecule has 7 heteroatoms. The molecule has 4 aromatic heterocycles. The lowest BCUT2D eigenvalue weighted by molar-refractivity contribution is -0.122. The van der Waals surface area contributed by atoms with Crippen LogP contribution in [0, 0.1) is 0 Å². The highest BCUT2D eigenvalue weighted by Gasteiger charge is 2.32. The minimum absolute atomic E-state index is 0.496. The van der Waals surface area contributed by atoms with Crippen molar-refractivity contribution in [1.82, 2.24) is 19.9 Å². The Hall–Kier alpha value is -3.09. The standard InChI is InChI=1S/C19H16F2N4O/c20-5-11(13-9-24-17-1-3-22-7-15(13)17)19(26)12(6-21)14-10-25-18-2-4-23-8-16(14)18/h1-4,7-12,24-25H,5-6H2. The lowest BCUT2D eigenvalue weighted by atomic mass is 9.85. The zero-order chi connectivity index (χ0) is 18.1. The predicted octanol–water partition coefficient (Wildman–Crippen LogP) is 3.81. The maximum absolute atomic E-state index is 13.9. The smallest absolute Gasteiger partial charge is 0.153 e. The fourth-order valence-corrected chi connectivity index (χ4v) is 3.41. The van der Waals surface area contributed by atoms with E-state index in [9.17, 15) is 13.6 Å². The lowest BCUT2D eigenvalue weighted by Gasteiger charge is -2.18. The molecule has 4 heterocycles. The van der Waals surface area contributed by atoms with Gasteiger partial charge in [0.2, 0.25) is 0 Å². The number of aromatic amines is 2. The van der Waals surface area contributed by atoms with E-state index >= 15 is 0 Å². The van der Waals surface area contributed by atoms with Gasteiger partial charge < -0.3 is 9.97 Å². The number of pyridine rings is 2. The van der Waals surface area contributed by atoms with E-state index in [1.807, 2.05) is 0 Å². The van der Waals surface area contributed by atoms with Gasteiger partial charge in [0.1, 0.15) is 13.3 Å². The van der Waals surface area contributed by atoms with E-state index in [2.05, 4.69) is 19.9 Å². The van der Waals surface area contributed by atoms with E-state index in [4.69, 9.17) is 0 Å². The maximum atomic E-state index is 13.9. The molecular formula is C19H16F2N4O. The number of hydrogen-bond acceptors (Lipinski definition) is 3. The molecule has 26 heavy (non-hydrogen) atoms. The third kappa shape index (κ3) is 2.56. The molecule has 2 unspecified atom stereocenters. The van der Waals surface area contributed by atoms with Crippen molar-refractivity contribution in [3.63, 3.8) is 0 Å². The Labute approximate surface area is 147 Å². The van der Waals surface area contributed by atoms with Crippen molar-refractivity contribution in [3.8, 4) is 0 Å². The summed E-state index contributed by atoms with van der Waals surface area (Å²) in [5.74, 6) is -2.62. The van der Waals surface area contributed by atoms with Gasteiger partial charge in [-0.2, -0.15) is 0 Å². The van der Waals surface area contributed by atoms with Crippen molar-refractivity contribution in [2.75, 3.05) is 13.3 Å². The topological polar surface area (TPSA) is 74.4 Å². The molecular weight excluding hydrogens is 338 g/mol. The molecule has 132 valence electrons. The number of carbonyl (C=O) groups is 1. The van der Waals surface area contributed by atoms with Crippen molar-refractivity contribution >= 4 is 27.6 Å². The van der Waals surface area contributed by atoms with Gasteiger partial charge in [0.05, 0.1) is 11.8 Å². The third-order valence-corrected chi connectivity index (χ3v) is 4.78. The van der Waals surface area contributed by atoms with Crippen LogP contribution in [0.15, 0.2) is 49.3 Å². The molecule has 0 aliphatic carbocycles. The molecule has 0 bridgehead atoms. The summed E-state index contributed by atoms with van der Waals surface area (Å²) in [6.07, 6.45) is 9.58. The minimum atomic E-state index is -1.06. The second kappa shape index (κ2) is 6.67. The number of carbonyl (C=O) groups excluding carboxylic acids is 1. The summed E-state index contributed by atoms with van der Waals surface area (Å²) in [5.41, 5.74) is 2.51. The number of H-pyrrole nitrogens is 2. The Morgan fingerprint density at radius 1 is 0.885 bits per heavy atom. The SMILES string of the molecule is O=C(C(CF)c1c[nH]c2ccncc12)C(CF)c1c[nH]c2ccncc12. The maximum Gasteiger partial charge on any atom is 0.153 e. The highest BCUT2D eigenvalue weighted by molar-refractivity contribution is 5.99. The van der Waals surface area contributed by atoms with Gasteiger partial charge >= 0.3 is 0 Å². The predicted molar refractivity (Wildman–Crippen MR) is 94.6 cm³/mol. The monoisotopic (exact) mass is 354 g/mol. The van der Waals surface area contributed by atoms with Gasteiger partial charge in [-0.1, -0.05) is 0 Å². The zero-order valence-electron chi connectivity index (χ0n) is 13.7. The van der Waals surface area contributed by atoms with Crippen LogP contribution in [0.25, 0.3) is 21.8 Å². The van der Waals surface area contributed by atoms with Crippen LogP contribution in [0.3, 0.4) is 0 Å². The summed E-state index contributed by atoms with van der Waals surface area (Å²) in [6, 6.07) is 3.49. The molecule has 0 radical (unpaired) electrons. The van der Waals surface area contributed by atoms with Crippen LogP contribution in [0.1, 0.15) is 23.0 Å². The average Bonchev–Trinajstić information content (AvgIpc) is 3.29. The Bertz CT molecular complexity index is 987. The number of hydrogen-bond donors (Lipinski definition) is 2. The number of alkyl halides is 2. The molecule has 0 aromatic carbocycles. The number of nitrogens with zero attached hydrogens (tertiary/aromatic N) is 2. The van der Waals surface area contributed by atoms with Gasteiger partial charge in [-0.3, -0.25) is 14.8 Å². The molecule has 4 aromatic rings. The largest absolute Gasteiger partial charge is 0.361 e. The molecule has 0 saturated carbocycles. The van der Waals surface area contributed by atoms with Crippen molar-refractivity contribution in [2.24, 2.45) is 0 Å². The normalized spacial score (nSPS) is 13.9. The summed E-state index contributed by atoms with van der Waals surface area (Å²) in [5, 5.41) is 1.34. The molecule has 2 N–H and O–H groups in total. The zero-order valence-corrected chi connectivity index (χ0v) is 13.7. The highest BCUT2D eigenvalue weighted by atomic mass is 19.1. The first-order valence-corrected chi connectivity index (χ1v) is 8.22. The van der Waals surface area contributed by atoms with Crippen molar-refractivity contribution in [2.45, 2.75) is 11.8 Å². The summed E-state index contributed by atoms with van der Waals surface area (Å²) >= 11 is 0. The van der Waals surface area contributed by atoms with E-state index in [0.717, 1.165) is 11.0 Å². The number of fused-ring (bicyclic) bond motifs is 2. The van der Waals surface area contributed by atoms with Crippen LogP contribution in [-0.4, -0.2) is 39.1 Å². The number of Topliss-reactive ketones (excluding diaryl/α,β-unsaturated/α-hetero) is 1. The highest BCUT2D eigenvalue weighted by Crippen LogP contribution is 2.34. The molecule has 0 spiro atoms. The number of aromatic nitrogens is 4. The molecule has 0 aliphatic rings. The van der Waals surface area contributed by atoms with Gasteiger partial charge in [0.25, 0.3) is 0 Å². The minimum Gasteiger partial charge on any atom is -0.361 e. The van der Waals surface area contributed by atoms with Crippen molar-refractivity contribution < 1.29 is 13.6 Å². The summed E-state index contributed by atoms with van der Waals surface area (Å²) in [6.45, 7) is -1.81. The summed E-state index contributed by atoms with van der Waals surface area (Å²) in [4.78, 5) is 27.1. The summed E-state index contributed by atoms with van der Waals surface area (Å²) in [7, 11) is 0. The number of rotatable bonds is 6. The fourth-order valence-electron chi connectivity index (χ4n) is 3.41. The van der Waals surface area contributed by atoms with E-state index < -0.39 is 31.0 Å². The van der Waals surface area contributed by atoms with Crippen molar-refractivity contribution in [1.29, 1.82) is 0 Å². The van der Waals surface area contributed by atoms with Crippen LogP contribution >= 0.6 is 0 Å². The second-order valence-electron chi connectivity index (χ2n) is 6.15. The number of halogens is 2. The van der Waals surface area contributed by atoms with Crippen molar-refractivity contribution in [3.05, 3.63) is 60.4 Å². The van der Waals surface area contributed by atoms with Crippen LogP contribution < -0.4 is 0 Å². The van der Waals surface area contributed by atoms with E-state index in [1.165, 1.54) is 0 Å². The molecule has 0 aliphatic heterocycles. The molecule has 0 fully saturated rings. The molecule has 2 atom stereocenters. The Kier molecular flexibility index (Phi) is 4.20. The Morgan fingerprint density at radius 2 is 1.35 bits per heavy atom. The Balaban J connectivity index is 1.76. The molecule has 4 rings (SSSR count). The third-order valence-electron chi connectivity index (χ3n) is 4.78. The van der Waals surface area contributed by atoms with Gasteiger partial charge in [-0.25, -0.2) is 8.78 Å². The van der Waals surface area contributed by atoms with Gasteiger partial charge in [0.15, 0.2) is 5.78 Å². The van der Waals surface area contributed by atoms with E-state index in [-0.39, 0.29) is 0 Å². The van der Waals surface area contributed by atoms with Gasteiger partial charge in [-0.15, -0.1) is 0 Å². The molecule has 0 saturated heterocycles. The lowest BCUT2D eigenvalue weighted by Crippen LogP contribution is -2.23. The summed E-state index contributed by atoms with van der Waals surface area (Å²) < 4.78 is 27.7. The first-order valence-electron chi connectivity index (χ1n) is 8.22. The van der Waals surface area contributed by atoms with Crippen LogP contribution in [-0.2, 0) is 4.79 Å². The average molecular weight is 354 g/mol. The number of ketones is 1. The molecule has 5 nitrogen and oxygen atoms in total.